The highest BCUT2D eigenvalue weighted by Gasteiger charge is 2.51. The van der Waals surface area contributed by atoms with Crippen molar-refractivity contribution in [1.82, 2.24) is 14.3 Å². The molecular weight excluding hydrogens is 412 g/mol. The minimum atomic E-state index is -1.29. The van der Waals surface area contributed by atoms with Crippen molar-refractivity contribution in [2.24, 2.45) is 7.05 Å². The molecule has 2 aliphatic rings. The number of carbonyl (C=O) groups excluding carboxylic acids is 4. The van der Waals surface area contributed by atoms with Crippen molar-refractivity contribution in [3.8, 4) is 5.69 Å². The maximum absolute atomic E-state index is 13.3. The standard InChI is InChI=1S/C23H18N4O5/c1-13-19(23(32)27(24(13)2)14-8-4-3-5-9-14)26-18(28)12-17(22(26)31)25-20(29)15-10-6-7-11-16(15)21(25)30/h3-11,17H,12H2,1-2H3. The summed E-state index contributed by atoms with van der Waals surface area (Å²) >= 11 is 0. The highest BCUT2D eigenvalue weighted by atomic mass is 16.2. The predicted molar refractivity (Wildman–Crippen MR) is 114 cm³/mol. The normalized spacial score (nSPS) is 18.1. The van der Waals surface area contributed by atoms with E-state index < -0.39 is 35.2 Å². The fourth-order valence-electron chi connectivity index (χ4n) is 4.36. The minimum absolute atomic E-state index is 0.0783. The fraction of sp³-hybridized carbons (Fsp3) is 0.174. The Morgan fingerprint density at radius 3 is 1.97 bits per heavy atom. The second-order valence-corrected chi connectivity index (χ2v) is 7.72. The number of hydrogen-bond acceptors (Lipinski definition) is 5. The number of amides is 4. The van der Waals surface area contributed by atoms with Gasteiger partial charge in [-0.15, -0.1) is 0 Å². The van der Waals surface area contributed by atoms with Gasteiger partial charge in [-0.25, -0.2) is 9.58 Å². The average molecular weight is 430 g/mol. The molecule has 2 aliphatic heterocycles. The Kier molecular flexibility index (Phi) is 4.23. The Hall–Kier alpha value is -4.27. The molecule has 3 heterocycles. The second-order valence-electron chi connectivity index (χ2n) is 7.72. The van der Waals surface area contributed by atoms with E-state index in [4.69, 9.17) is 0 Å². The number of fused-ring (bicyclic) bond motifs is 1. The van der Waals surface area contributed by atoms with E-state index in [1.807, 2.05) is 6.07 Å². The van der Waals surface area contributed by atoms with Crippen LogP contribution < -0.4 is 10.5 Å². The smallest absolute Gasteiger partial charge is 0.283 e. The maximum Gasteiger partial charge on any atom is 0.296 e. The van der Waals surface area contributed by atoms with E-state index in [2.05, 4.69) is 0 Å². The van der Waals surface area contributed by atoms with E-state index in [0.29, 0.717) is 11.4 Å². The number of imide groups is 2. The lowest BCUT2D eigenvalue weighted by Gasteiger charge is -2.20. The van der Waals surface area contributed by atoms with Gasteiger partial charge in [-0.2, -0.15) is 0 Å². The zero-order valence-corrected chi connectivity index (χ0v) is 17.3. The summed E-state index contributed by atoms with van der Waals surface area (Å²) in [4.78, 5) is 66.8. The number of para-hydroxylation sites is 1. The molecule has 9 nitrogen and oxygen atoms in total. The van der Waals surface area contributed by atoms with E-state index in [0.717, 1.165) is 9.80 Å². The van der Waals surface area contributed by atoms with Crippen LogP contribution in [0.15, 0.2) is 59.4 Å². The summed E-state index contributed by atoms with van der Waals surface area (Å²) in [7, 11) is 1.65. The number of aromatic nitrogens is 2. The number of carbonyl (C=O) groups is 4. The fourth-order valence-corrected chi connectivity index (χ4v) is 4.36. The highest BCUT2D eigenvalue weighted by Crippen LogP contribution is 2.32. The lowest BCUT2D eigenvalue weighted by molar-refractivity contribution is -0.122. The molecule has 1 fully saturated rings. The van der Waals surface area contributed by atoms with Crippen LogP contribution in [0, 0.1) is 6.92 Å². The van der Waals surface area contributed by atoms with Crippen LogP contribution in [-0.4, -0.2) is 43.9 Å². The van der Waals surface area contributed by atoms with Gasteiger partial charge in [0.15, 0.2) is 0 Å². The average Bonchev–Trinajstić information content (AvgIpc) is 3.30. The molecule has 1 unspecified atom stereocenters. The van der Waals surface area contributed by atoms with Crippen LogP contribution in [0.1, 0.15) is 32.8 Å². The van der Waals surface area contributed by atoms with Crippen LogP contribution in [0.2, 0.25) is 0 Å². The van der Waals surface area contributed by atoms with E-state index in [1.54, 1.807) is 55.1 Å². The lowest BCUT2D eigenvalue weighted by atomic mass is 10.1. The Labute approximate surface area is 182 Å². The van der Waals surface area contributed by atoms with Gasteiger partial charge in [-0.3, -0.25) is 33.6 Å². The van der Waals surface area contributed by atoms with Gasteiger partial charge < -0.3 is 0 Å². The first-order valence-electron chi connectivity index (χ1n) is 10.0. The van der Waals surface area contributed by atoms with Gasteiger partial charge in [0.05, 0.1) is 28.9 Å². The van der Waals surface area contributed by atoms with Crippen LogP contribution >= 0.6 is 0 Å². The molecule has 0 aliphatic carbocycles. The van der Waals surface area contributed by atoms with Crippen LogP contribution in [0.3, 0.4) is 0 Å². The monoisotopic (exact) mass is 430 g/mol. The van der Waals surface area contributed by atoms with Gasteiger partial charge >= 0.3 is 0 Å². The molecule has 0 spiro atoms. The number of anilines is 1. The molecule has 0 radical (unpaired) electrons. The Balaban J connectivity index is 1.56. The minimum Gasteiger partial charge on any atom is -0.283 e. The van der Waals surface area contributed by atoms with Crippen LogP contribution in [0.25, 0.3) is 5.69 Å². The molecule has 0 saturated carbocycles. The third kappa shape index (κ3) is 2.54. The van der Waals surface area contributed by atoms with Crippen LogP contribution in [0.5, 0.6) is 0 Å². The summed E-state index contributed by atoms with van der Waals surface area (Å²) in [6.07, 6.45) is -0.372. The lowest BCUT2D eigenvalue weighted by Crippen LogP contribution is -2.46. The van der Waals surface area contributed by atoms with Gasteiger partial charge in [-0.1, -0.05) is 30.3 Å². The van der Waals surface area contributed by atoms with Crippen molar-refractivity contribution in [3.05, 3.63) is 81.8 Å². The van der Waals surface area contributed by atoms with Crippen LogP contribution in [-0.2, 0) is 16.6 Å². The Morgan fingerprint density at radius 2 is 1.38 bits per heavy atom. The summed E-state index contributed by atoms with van der Waals surface area (Å²) in [6, 6.07) is 13.8. The largest absolute Gasteiger partial charge is 0.296 e. The molecule has 4 amide bonds. The predicted octanol–water partition coefficient (Wildman–Crippen LogP) is 1.41. The van der Waals surface area contributed by atoms with Crippen molar-refractivity contribution in [2.45, 2.75) is 19.4 Å². The molecule has 32 heavy (non-hydrogen) atoms. The van der Waals surface area contributed by atoms with Crippen molar-refractivity contribution >= 4 is 29.3 Å². The van der Waals surface area contributed by atoms with Gasteiger partial charge in [0.2, 0.25) is 5.91 Å². The Morgan fingerprint density at radius 1 is 0.812 bits per heavy atom. The molecule has 9 heteroatoms. The SMILES string of the molecule is Cc1c(N2C(=O)CC(N3C(=O)c4ccccc4C3=O)C2=O)c(=O)n(-c2ccccc2)n1C. The number of nitrogens with zero attached hydrogens (tertiary/aromatic N) is 4. The van der Waals surface area contributed by atoms with Crippen molar-refractivity contribution < 1.29 is 19.2 Å². The summed E-state index contributed by atoms with van der Waals surface area (Å²) in [5.74, 6) is -2.65. The molecular formula is C23H18N4O5. The van der Waals surface area contributed by atoms with Crippen LogP contribution in [0.4, 0.5) is 5.69 Å². The summed E-state index contributed by atoms with van der Waals surface area (Å²) < 4.78 is 2.92. The molecule has 0 N–H and O–H groups in total. The van der Waals surface area contributed by atoms with Gasteiger partial charge in [0.1, 0.15) is 11.7 Å². The van der Waals surface area contributed by atoms with E-state index in [9.17, 15) is 24.0 Å². The summed E-state index contributed by atoms with van der Waals surface area (Å²) in [6.45, 7) is 1.63. The molecule has 2 aromatic carbocycles. The van der Waals surface area contributed by atoms with E-state index in [1.165, 1.54) is 16.8 Å². The second kappa shape index (κ2) is 6.88. The quantitative estimate of drug-likeness (QED) is 0.585. The third-order valence-electron chi connectivity index (χ3n) is 6.01. The van der Waals surface area contributed by atoms with Gasteiger partial charge in [0, 0.05) is 7.05 Å². The first-order chi connectivity index (χ1) is 15.3. The molecule has 1 saturated heterocycles. The number of hydrogen-bond donors (Lipinski definition) is 0. The number of benzene rings is 2. The zero-order valence-electron chi connectivity index (χ0n) is 17.3. The topological polar surface area (TPSA) is 102 Å². The zero-order chi connectivity index (χ0) is 22.7. The van der Waals surface area contributed by atoms with E-state index >= 15 is 0 Å². The molecule has 1 atom stereocenters. The van der Waals surface area contributed by atoms with Crippen molar-refractivity contribution in [3.63, 3.8) is 0 Å². The Bertz CT molecular complexity index is 1350. The van der Waals surface area contributed by atoms with Crippen molar-refractivity contribution in [2.75, 3.05) is 4.90 Å². The maximum atomic E-state index is 13.3. The molecule has 160 valence electrons. The molecule has 0 bridgehead atoms. The summed E-state index contributed by atoms with van der Waals surface area (Å²) in [5, 5.41) is 0. The van der Waals surface area contributed by atoms with Gasteiger partial charge in [-0.05, 0) is 31.2 Å². The molecule has 5 rings (SSSR count). The molecule has 3 aromatic rings. The van der Waals surface area contributed by atoms with Gasteiger partial charge in [0.25, 0.3) is 23.3 Å². The third-order valence-corrected chi connectivity index (χ3v) is 6.01. The summed E-state index contributed by atoms with van der Waals surface area (Å²) in [5.41, 5.74) is 0.748. The first-order valence-corrected chi connectivity index (χ1v) is 10.0. The number of rotatable bonds is 3. The molecule has 1 aromatic heterocycles. The highest BCUT2D eigenvalue weighted by molar-refractivity contribution is 6.28. The van der Waals surface area contributed by atoms with Crippen molar-refractivity contribution in [1.29, 1.82) is 0 Å². The first kappa shape index (κ1) is 19.7. The van der Waals surface area contributed by atoms with E-state index in [-0.39, 0.29) is 23.2 Å².